The van der Waals surface area contributed by atoms with Gasteiger partial charge in [0.2, 0.25) is 5.89 Å². The molecule has 0 fully saturated rings. The van der Waals surface area contributed by atoms with Gasteiger partial charge in [-0.15, -0.1) is 5.10 Å². The Balaban J connectivity index is 1.84. The van der Waals surface area contributed by atoms with E-state index in [-0.39, 0.29) is 0 Å². The molecule has 0 atom stereocenters. The molecule has 0 aliphatic heterocycles. The van der Waals surface area contributed by atoms with Gasteiger partial charge in [0.05, 0.1) is 6.54 Å². The van der Waals surface area contributed by atoms with Gasteiger partial charge in [0.15, 0.2) is 0 Å². The van der Waals surface area contributed by atoms with Crippen molar-refractivity contribution >= 4 is 17.6 Å². The monoisotopic (exact) mass is 280 g/mol. The summed E-state index contributed by atoms with van der Waals surface area (Å²) in [5.41, 5.74) is 1.10. The highest BCUT2D eigenvalue weighted by atomic mass is 35.5. The molecule has 2 N–H and O–H groups in total. The molecule has 102 valence electrons. The molecular formula is C13H17ClN4O. The van der Waals surface area contributed by atoms with Crippen LogP contribution in [-0.2, 0) is 13.1 Å². The lowest BCUT2D eigenvalue weighted by Crippen LogP contribution is -2.21. The fourth-order valence-electron chi connectivity index (χ4n) is 1.47. The summed E-state index contributed by atoms with van der Waals surface area (Å²) < 4.78 is 5.46. The van der Waals surface area contributed by atoms with Gasteiger partial charge < -0.3 is 15.1 Å². The van der Waals surface area contributed by atoms with Crippen molar-refractivity contribution in [3.8, 4) is 0 Å². The van der Waals surface area contributed by atoms with Gasteiger partial charge in [-0.05, 0) is 17.7 Å². The van der Waals surface area contributed by atoms with E-state index in [2.05, 4.69) is 34.7 Å². The second kappa shape index (κ2) is 6.54. The van der Waals surface area contributed by atoms with Gasteiger partial charge >= 0.3 is 6.01 Å². The molecule has 0 aliphatic carbocycles. The van der Waals surface area contributed by atoms with Crippen LogP contribution in [0.2, 0.25) is 5.02 Å². The molecule has 1 aromatic heterocycles. The first kappa shape index (κ1) is 13.8. The first-order valence-corrected chi connectivity index (χ1v) is 6.55. The van der Waals surface area contributed by atoms with E-state index >= 15 is 0 Å². The van der Waals surface area contributed by atoms with Crippen LogP contribution in [0.3, 0.4) is 0 Å². The Morgan fingerprint density at radius 2 is 1.89 bits per heavy atom. The average Bonchev–Trinajstić information content (AvgIpc) is 2.84. The highest BCUT2D eigenvalue weighted by Gasteiger charge is 2.05. The minimum atomic E-state index is 0.386. The Labute approximate surface area is 117 Å². The molecule has 0 saturated heterocycles. The summed E-state index contributed by atoms with van der Waals surface area (Å²) in [6, 6.07) is 8.42. The molecule has 0 spiro atoms. The third-order valence-corrected chi connectivity index (χ3v) is 2.74. The Bertz CT molecular complexity index is 510. The Morgan fingerprint density at radius 1 is 1.16 bits per heavy atom. The molecule has 0 saturated carbocycles. The second-order valence-corrected chi connectivity index (χ2v) is 4.95. The van der Waals surface area contributed by atoms with Crippen LogP contribution in [-0.4, -0.2) is 16.2 Å². The zero-order valence-electron chi connectivity index (χ0n) is 11.0. The van der Waals surface area contributed by atoms with E-state index in [1.807, 2.05) is 24.3 Å². The van der Waals surface area contributed by atoms with Gasteiger partial charge in [-0.2, -0.15) is 0 Å². The van der Waals surface area contributed by atoms with E-state index in [4.69, 9.17) is 16.0 Å². The SMILES string of the molecule is CC(C)NCc1nnc(NCc2ccc(Cl)cc2)o1. The first-order chi connectivity index (χ1) is 9.13. The molecule has 1 aromatic carbocycles. The third kappa shape index (κ3) is 4.54. The number of halogens is 1. The fraction of sp³-hybridized carbons (Fsp3) is 0.385. The van der Waals surface area contributed by atoms with E-state index in [1.54, 1.807) is 0 Å². The maximum atomic E-state index is 5.82. The maximum Gasteiger partial charge on any atom is 0.315 e. The highest BCUT2D eigenvalue weighted by Crippen LogP contribution is 2.11. The molecule has 6 heteroatoms. The van der Waals surface area contributed by atoms with Crippen LogP contribution in [0, 0.1) is 0 Å². The largest absolute Gasteiger partial charge is 0.407 e. The van der Waals surface area contributed by atoms with Crippen LogP contribution in [0.1, 0.15) is 25.3 Å². The topological polar surface area (TPSA) is 63.0 Å². The van der Waals surface area contributed by atoms with Gasteiger partial charge in [-0.3, -0.25) is 0 Å². The summed E-state index contributed by atoms with van der Waals surface area (Å²) in [4.78, 5) is 0. The zero-order chi connectivity index (χ0) is 13.7. The predicted molar refractivity (Wildman–Crippen MR) is 75.1 cm³/mol. The summed E-state index contributed by atoms with van der Waals surface area (Å²) in [6.07, 6.45) is 0. The highest BCUT2D eigenvalue weighted by molar-refractivity contribution is 6.30. The number of nitrogens with one attached hydrogen (secondary N) is 2. The van der Waals surface area contributed by atoms with Gasteiger partial charge in [0.25, 0.3) is 0 Å². The van der Waals surface area contributed by atoms with Crippen LogP contribution >= 0.6 is 11.6 Å². The van der Waals surface area contributed by atoms with Gasteiger partial charge in [-0.25, -0.2) is 0 Å². The van der Waals surface area contributed by atoms with Crippen LogP contribution < -0.4 is 10.6 Å². The third-order valence-electron chi connectivity index (χ3n) is 2.49. The summed E-state index contributed by atoms with van der Waals surface area (Å²) in [5.74, 6) is 0.576. The first-order valence-electron chi connectivity index (χ1n) is 6.17. The number of anilines is 1. The smallest absolute Gasteiger partial charge is 0.315 e. The van der Waals surface area contributed by atoms with E-state index in [0.717, 1.165) is 10.6 Å². The molecule has 2 aromatic rings. The van der Waals surface area contributed by atoms with Crippen molar-refractivity contribution in [2.45, 2.75) is 33.0 Å². The zero-order valence-corrected chi connectivity index (χ0v) is 11.7. The molecule has 5 nitrogen and oxygen atoms in total. The van der Waals surface area contributed by atoms with Crippen LogP contribution in [0.4, 0.5) is 6.01 Å². The lowest BCUT2D eigenvalue weighted by molar-refractivity contribution is 0.458. The van der Waals surface area contributed by atoms with Crippen molar-refractivity contribution < 1.29 is 4.42 Å². The predicted octanol–water partition coefficient (Wildman–Crippen LogP) is 2.83. The minimum absolute atomic E-state index is 0.386. The van der Waals surface area contributed by atoms with E-state index in [0.29, 0.717) is 31.0 Å². The Hall–Kier alpha value is -1.59. The quantitative estimate of drug-likeness (QED) is 0.852. The van der Waals surface area contributed by atoms with Crippen LogP contribution in [0.25, 0.3) is 0 Å². The summed E-state index contributed by atoms with van der Waals surface area (Å²) >= 11 is 5.82. The molecule has 0 radical (unpaired) electrons. The fourth-order valence-corrected chi connectivity index (χ4v) is 1.59. The van der Waals surface area contributed by atoms with E-state index < -0.39 is 0 Å². The maximum absolute atomic E-state index is 5.82. The standard InChI is InChI=1S/C13H17ClN4O/c1-9(2)15-8-12-17-18-13(19-12)16-7-10-3-5-11(14)6-4-10/h3-6,9,15H,7-8H2,1-2H3,(H,16,18). The van der Waals surface area contributed by atoms with E-state index in [1.165, 1.54) is 0 Å². The van der Waals surface area contributed by atoms with Crippen LogP contribution in [0.5, 0.6) is 0 Å². The molecule has 19 heavy (non-hydrogen) atoms. The van der Waals surface area contributed by atoms with Crippen molar-refractivity contribution in [2.75, 3.05) is 5.32 Å². The van der Waals surface area contributed by atoms with E-state index in [9.17, 15) is 0 Å². The van der Waals surface area contributed by atoms with Crippen molar-refractivity contribution in [2.24, 2.45) is 0 Å². The summed E-state index contributed by atoms with van der Waals surface area (Å²) in [6.45, 7) is 5.33. The summed E-state index contributed by atoms with van der Waals surface area (Å²) in [7, 11) is 0. The number of rotatable bonds is 6. The molecule has 2 rings (SSSR count). The number of benzene rings is 1. The number of hydrogen-bond acceptors (Lipinski definition) is 5. The van der Waals surface area contributed by atoms with Gasteiger partial charge in [0.1, 0.15) is 0 Å². The Morgan fingerprint density at radius 3 is 2.58 bits per heavy atom. The van der Waals surface area contributed by atoms with Crippen molar-refractivity contribution in [1.29, 1.82) is 0 Å². The lowest BCUT2D eigenvalue weighted by Gasteiger charge is -2.04. The second-order valence-electron chi connectivity index (χ2n) is 4.52. The minimum Gasteiger partial charge on any atom is -0.407 e. The summed E-state index contributed by atoms with van der Waals surface area (Å²) in [5, 5.41) is 14.9. The van der Waals surface area contributed by atoms with Gasteiger partial charge in [-0.1, -0.05) is 42.7 Å². The van der Waals surface area contributed by atoms with Crippen molar-refractivity contribution in [3.05, 3.63) is 40.7 Å². The van der Waals surface area contributed by atoms with Crippen molar-refractivity contribution in [3.63, 3.8) is 0 Å². The lowest BCUT2D eigenvalue weighted by atomic mass is 10.2. The molecule has 0 aliphatic rings. The Kier molecular flexibility index (Phi) is 4.76. The molecule has 0 unspecified atom stereocenters. The number of nitrogens with zero attached hydrogens (tertiary/aromatic N) is 2. The van der Waals surface area contributed by atoms with Crippen molar-refractivity contribution in [1.82, 2.24) is 15.5 Å². The molecule has 0 amide bonds. The normalized spacial score (nSPS) is 10.9. The average molecular weight is 281 g/mol. The molecular weight excluding hydrogens is 264 g/mol. The van der Waals surface area contributed by atoms with Crippen LogP contribution in [0.15, 0.2) is 28.7 Å². The number of aromatic nitrogens is 2. The molecule has 0 bridgehead atoms. The number of hydrogen-bond donors (Lipinski definition) is 2. The molecule has 1 heterocycles. The van der Waals surface area contributed by atoms with Gasteiger partial charge in [0, 0.05) is 17.6 Å².